The molecule has 2 fully saturated rings. The van der Waals surface area contributed by atoms with E-state index in [9.17, 15) is 14.4 Å². The van der Waals surface area contributed by atoms with E-state index in [1.165, 1.54) is 0 Å². The van der Waals surface area contributed by atoms with Crippen LogP contribution in [-0.4, -0.2) is 35.1 Å². The van der Waals surface area contributed by atoms with Crippen molar-refractivity contribution in [3.05, 3.63) is 35.4 Å². The Morgan fingerprint density at radius 2 is 1.83 bits per heavy atom. The number of fused-ring (bicyclic) bond motifs is 1. The van der Waals surface area contributed by atoms with E-state index in [0.29, 0.717) is 24.5 Å². The third-order valence-corrected chi connectivity index (χ3v) is 5.03. The highest BCUT2D eigenvalue weighted by molar-refractivity contribution is 6.20. The molecule has 0 radical (unpaired) electrons. The summed E-state index contributed by atoms with van der Waals surface area (Å²) in [5.41, 5.74) is 0.352. The fraction of sp³-hybridized carbons (Fsp3) is 0.471. The molecule has 6 nitrogen and oxygen atoms in total. The fourth-order valence-electron chi connectivity index (χ4n) is 3.56. The quantitative estimate of drug-likeness (QED) is 0.781. The van der Waals surface area contributed by atoms with Gasteiger partial charge >= 0.3 is 5.97 Å². The Bertz CT molecular complexity index is 659. The van der Waals surface area contributed by atoms with Crippen LogP contribution in [-0.2, 0) is 14.4 Å². The molecule has 1 saturated heterocycles. The number of nitrogens with zero attached hydrogens (tertiary/aromatic N) is 1. The summed E-state index contributed by atoms with van der Waals surface area (Å²) in [5, 5.41) is 0.593. The molecule has 120 valence electrons. The largest absolute Gasteiger partial charge is 0.375 e. The Hall–Kier alpha value is -2.21. The molecule has 4 rings (SSSR count). The third kappa shape index (κ3) is 2.25. The summed E-state index contributed by atoms with van der Waals surface area (Å²) < 4.78 is 5.79. The van der Waals surface area contributed by atoms with Crippen molar-refractivity contribution in [3.63, 3.8) is 0 Å². The first-order valence-corrected chi connectivity index (χ1v) is 7.93. The molecule has 2 aliphatic heterocycles. The van der Waals surface area contributed by atoms with E-state index in [1.807, 2.05) is 0 Å². The van der Waals surface area contributed by atoms with E-state index in [1.54, 1.807) is 24.3 Å². The minimum absolute atomic E-state index is 0.191. The van der Waals surface area contributed by atoms with Crippen LogP contribution in [0.15, 0.2) is 24.3 Å². The lowest BCUT2D eigenvalue weighted by atomic mass is 9.72. The molecule has 23 heavy (non-hydrogen) atoms. The van der Waals surface area contributed by atoms with E-state index < -0.39 is 17.8 Å². The minimum Gasteiger partial charge on any atom is -0.375 e. The summed E-state index contributed by atoms with van der Waals surface area (Å²) in [7, 11) is 0. The molecule has 2 heterocycles. The summed E-state index contributed by atoms with van der Waals surface area (Å²) in [6.45, 7) is 0.516. The summed E-state index contributed by atoms with van der Waals surface area (Å²) in [6, 6.07) is 6.46. The second kappa shape index (κ2) is 5.16. The first-order chi connectivity index (χ1) is 11.1. The van der Waals surface area contributed by atoms with Gasteiger partial charge in [-0.05, 0) is 44.2 Å². The highest BCUT2D eigenvalue weighted by Gasteiger charge is 2.46. The van der Waals surface area contributed by atoms with E-state index in [2.05, 4.69) is 0 Å². The lowest BCUT2D eigenvalue weighted by Crippen LogP contribution is -2.48. The minimum atomic E-state index is -0.579. The van der Waals surface area contributed by atoms with Gasteiger partial charge in [0.05, 0.1) is 22.6 Å². The number of hydrogen-bond donors (Lipinski definition) is 0. The Morgan fingerprint density at radius 3 is 2.39 bits per heavy atom. The van der Waals surface area contributed by atoms with Crippen LogP contribution in [0.25, 0.3) is 0 Å². The fourth-order valence-corrected chi connectivity index (χ4v) is 3.56. The van der Waals surface area contributed by atoms with Crippen molar-refractivity contribution in [2.45, 2.75) is 37.7 Å². The number of ether oxygens (including phenoxy) is 1. The first kappa shape index (κ1) is 14.4. The smallest absolute Gasteiger partial charge is 0.336 e. The van der Waals surface area contributed by atoms with Crippen LogP contribution in [0.5, 0.6) is 0 Å². The van der Waals surface area contributed by atoms with E-state index in [0.717, 1.165) is 19.3 Å². The summed E-state index contributed by atoms with van der Waals surface area (Å²) in [5.74, 6) is -2.00. The van der Waals surface area contributed by atoms with Crippen molar-refractivity contribution in [2.24, 2.45) is 5.92 Å². The van der Waals surface area contributed by atoms with E-state index in [-0.39, 0.29) is 22.6 Å². The average molecular weight is 315 g/mol. The zero-order chi connectivity index (χ0) is 16.0. The Balaban J connectivity index is 1.47. The maximum atomic E-state index is 12.4. The number of carbonyl (C=O) groups excluding carboxylic acids is 3. The van der Waals surface area contributed by atoms with Crippen LogP contribution in [0.3, 0.4) is 0 Å². The summed E-state index contributed by atoms with van der Waals surface area (Å²) >= 11 is 0. The van der Waals surface area contributed by atoms with Crippen molar-refractivity contribution in [2.75, 3.05) is 6.61 Å². The molecule has 1 aromatic carbocycles. The van der Waals surface area contributed by atoms with Gasteiger partial charge in [0.15, 0.2) is 0 Å². The molecule has 1 unspecified atom stereocenters. The van der Waals surface area contributed by atoms with Gasteiger partial charge in [0.2, 0.25) is 0 Å². The van der Waals surface area contributed by atoms with Crippen LogP contribution < -0.4 is 0 Å². The number of hydrogen-bond acceptors (Lipinski definition) is 5. The zero-order valence-corrected chi connectivity index (χ0v) is 12.6. The van der Waals surface area contributed by atoms with Crippen molar-refractivity contribution in [3.8, 4) is 0 Å². The first-order valence-electron chi connectivity index (χ1n) is 7.93. The van der Waals surface area contributed by atoms with Gasteiger partial charge in [-0.3, -0.25) is 9.59 Å². The van der Waals surface area contributed by atoms with Crippen LogP contribution in [0, 0.1) is 5.92 Å². The van der Waals surface area contributed by atoms with E-state index in [4.69, 9.17) is 9.57 Å². The van der Waals surface area contributed by atoms with Crippen molar-refractivity contribution in [1.82, 2.24) is 5.06 Å². The molecule has 1 spiro atoms. The number of rotatable bonds is 2. The molecule has 0 N–H and O–H groups in total. The Labute approximate surface area is 133 Å². The molecule has 0 aromatic heterocycles. The van der Waals surface area contributed by atoms with Gasteiger partial charge in [0.1, 0.15) is 0 Å². The maximum Gasteiger partial charge on any atom is 0.336 e. The number of carbonyl (C=O) groups is 3. The van der Waals surface area contributed by atoms with Crippen molar-refractivity contribution >= 4 is 17.8 Å². The SMILES string of the molecule is O=C(ON1C(=O)c2ccccc2C1=O)C1CCOC2(CCC2)C1. The van der Waals surface area contributed by atoms with E-state index >= 15 is 0 Å². The molecular weight excluding hydrogens is 298 g/mol. The monoisotopic (exact) mass is 315 g/mol. The number of benzene rings is 1. The molecule has 1 aliphatic carbocycles. The van der Waals surface area contributed by atoms with Crippen molar-refractivity contribution < 1.29 is 24.0 Å². The number of amides is 2. The molecule has 2 amide bonds. The van der Waals surface area contributed by atoms with Gasteiger partial charge in [0.25, 0.3) is 11.8 Å². The second-order valence-corrected chi connectivity index (χ2v) is 6.44. The Kier molecular flexibility index (Phi) is 3.23. The van der Waals surface area contributed by atoms with Crippen LogP contribution >= 0.6 is 0 Å². The van der Waals surface area contributed by atoms with Gasteiger partial charge in [0, 0.05) is 6.61 Å². The summed E-state index contributed by atoms with van der Waals surface area (Å²) in [4.78, 5) is 42.0. The van der Waals surface area contributed by atoms with Gasteiger partial charge in [-0.2, -0.15) is 0 Å². The molecule has 3 aliphatic rings. The third-order valence-electron chi connectivity index (χ3n) is 5.03. The van der Waals surface area contributed by atoms with Crippen LogP contribution in [0.2, 0.25) is 0 Å². The highest BCUT2D eigenvalue weighted by Crippen LogP contribution is 2.44. The topological polar surface area (TPSA) is 72.9 Å². The average Bonchev–Trinajstić information content (AvgIpc) is 2.79. The summed E-state index contributed by atoms with van der Waals surface area (Å²) in [6.07, 6.45) is 4.20. The lowest BCUT2D eigenvalue weighted by molar-refractivity contribution is -0.190. The van der Waals surface area contributed by atoms with Gasteiger partial charge in [-0.1, -0.05) is 17.2 Å². The standard InChI is InChI=1S/C17H17NO5/c19-14-12-4-1-2-5-13(12)15(20)18(14)23-16(21)11-6-9-22-17(10-11)7-3-8-17/h1-2,4-5,11H,3,6-10H2. The number of imide groups is 1. The predicted molar refractivity (Wildman–Crippen MR) is 78.3 cm³/mol. The highest BCUT2D eigenvalue weighted by atomic mass is 16.7. The second-order valence-electron chi connectivity index (χ2n) is 6.44. The Morgan fingerprint density at radius 1 is 1.17 bits per heavy atom. The van der Waals surface area contributed by atoms with Gasteiger partial charge in [-0.15, -0.1) is 0 Å². The lowest BCUT2D eigenvalue weighted by Gasteiger charge is -2.46. The molecular formula is C17H17NO5. The molecule has 0 bridgehead atoms. The normalized spacial score (nSPS) is 25.2. The predicted octanol–water partition coefficient (Wildman–Crippen LogP) is 2.09. The van der Waals surface area contributed by atoms with Crippen molar-refractivity contribution in [1.29, 1.82) is 0 Å². The van der Waals surface area contributed by atoms with Crippen LogP contribution in [0.1, 0.15) is 52.8 Å². The maximum absolute atomic E-state index is 12.4. The molecule has 1 saturated carbocycles. The van der Waals surface area contributed by atoms with Crippen LogP contribution in [0.4, 0.5) is 0 Å². The van der Waals surface area contributed by atoms with Gasteiger partial charge < -0.3 is 9.57 Å². The van der Waals surface area contributed by atoms with Gasteiger partial charge in [-0.25, -0.2) is 4.79 Å². The molecule has 1 aromatic rings. The molecule has 1 atom stereocenters. The molecule has 6 heteroatoms. The zero-order valence-electron chi connectivity index (χ0n) is 12.6. The number of hydroxylamine groups is 2.